The van der Waals surface area contributed by atoms with Crippen LogP contribution in [0.25, 0.3) is 0 Å². The maximum absolute atomic E-state index is 8.77. The summed E-state index contributed by atoms with van der Waals surface area (Å²) >= 11 is 0. The molecule has 0 aliphatic carbocycles. The van der Waals surface area contributed by atoms with Crippen LogP contribution in [-0.4, -0.2) is 20.1 Å². The van der Waals surface area contributed by atoms with E-state index < -0.39 is 20.7 Å². The molecule has 0 saturated heterocycles. The summed E-state index contributed by atoms with van der Waals surface area (Å²) in [6, 6.07) is 0. The molecule has 18 heteroatoms. The molecule has 0 aromatic carbocycles. The topological polar surface area (TPSA) is 340 Å². The third kappa shape index (κ3) is 4910. The van der Waals surface area contributed by atoms with Crippen molar-refractivity contribution in [3.63, 3.8) is 0 Å². The standard InChI is InChI=1S/K.HNO3.3H3N.2H3O4P/c;2-1(3)4;;;;2*1-5(2,3)4/h;(H,2,3,4);3*1H3;2*(H3,1,2,3,4)/q+1;;;;;;/p-1. The van der Waals surface area contributed by atoms with E-state index in [9.17, 15) is 0 Å². The number of quaternary nitrogens is 3. The second kappa shape index (κ2) is 20.3. The van der Waals surface area contributed by atoms with Crippen LogP contribution >= 0.6 is 15.6 Å². The second-order valence-corrected chi connectivity index (χ2v) is 3.05. The molecule has 0 amide bonds. The van der Waals surface area contributed by atoms with Gasteiger partial charge in [0.05, 0.1) is 0 Å². The van der Waals surface area contributed by atoms with Gasteiger partial charge in [0, 0.05) is 0 Å². The zero-order chi connectivity index (χ0) is 12.6. The maximum Gasteiger partial charge on any atom is 1.00 e. The molecule has 0 atom stereocenters. The van der Waals surface area contributed by atoms with Crippen LogP contribution in [0.2, 0.25) is 0 Å². The van der Waals surface area contributed by atoms with E-state index in [1.54, 1.807) is 0 Å². The molecule has 0 saturated carbocycles. The molecular formula is H15KN4O11P2. The van der Waals surface area contributed by atoms with Crippen LogP contribution in [0, 0.1) is 10.1 Å². The molecule has 0 fully saturated rings. The fourth-order valence-corrected chi connectivity index (χ4v) is 0. The molecule has 18 heavy (non-hydrogen) atoms. The van der Waals surface area contributed by atoms with E-state index in [1.807, 2.05) is 0 Å². The van der Waals surface area contributed by atoms with Gasteiger partial charge < -0.3 is 57.6 Å². The first-order chi connectivity index (χ1) is 5.73. The molecule has 112 valence electrons. The molecule has 0 heterocycles. The smallest absolute Gasteiger partial charge is 0.822 e. The van der Waals surface area contributed by atoms with Gasteiger partial charge in [0.2, 0.25) is 0 Å². The van der Waals surface area contributed by atoms with Gasteiger partial charge in [0.1, 0.15) is 0 Å². The third-order valence-corrected chi connectivity index (χ3v) is 0. The third-order valence-electron chi connectivity index (χ3n) is 0. The summed E-state index contributed by atoms with van der Waals surface area (Å²) < 4.78 is 17.3. The normalized spacial score (nSPS) is 7.89. The molecule has 0 bridgehead atoms. The number of nitrogens with zero attached hydrogens (tertiary/aromatic N) is 1. The van der Waals surface area contributed by atoms with E-state index in [1.165, 1.54) is 0 Å². The van der Waals surface area contributed by atoms with Gasteiger partial charge in [-0.3, -0.25) is 4.57 Å². The summed E-state index contributed by atoms with van der Waals surface area (Å²) in [4.78, 5) is 56.9. The summed E-state index contributed by atoms with van der Waals surface area (Å²) in [5.74, 6) is 0. The van der Waals surface area contributed by atoms with Crippen molar-refractivity contribution in [1.82, 2.24) is 18.5 Å². The summed E-state index contributed by atoms with van der Waals surface area (Å²) in [7, 11) is -10.3. The SMILES string of the molecule is O=P([O-])(O)O.O=P([O-])([O-])[O-].O=[N+]([O-])O.[K+].[NH4+].[NH4+].[NH4+]. The minimum absolute atomic E-state index is 0. The quantitative estimate of drug-likeness (QED) is 0.103. The number of hydrogen-bond donors (Lipinski definition) is 6. The fourth-order valence-electron chi connectivity index (χ4n) is 0. The van der Waals surface area contributed by atoms with E-state index in [-0.39, 0.29) is 69.8 Å². The molecule has 15 N–H and O–H groups in total. The van der Waals surface area contributed by atoms with Crippen LogP contribution in [0.15, 0.2) is 0 Å². The van der Waals surface area contributed by atoms with E-state index >= 15 is 0 Å². The average molecular weight is 348 g/mol. The Morgan fingerprint density at radius 2 is 0.889 bits per heavy atom. The van der Waals surface area contributed by atoms with Crippen LogP contribution in [0.1, 0.15) is 0 Å². The number of hydrogen-bond acceptors (Lipinski definition) is 8. The summed E-state index contributed by atoms with van der Waals surface area (Å²) in [6.45, 7) is 0. The van der Waals surface area contributed by atoms with Gasteiger partial charge >= 0.3 is 51.4 Å². The van der Waals surface area contributed by atoms with E-state index in [4.69, 9.17) is 53.8 Å². The number of phosphoric acid groups is 2. The van der Waals surface area contributed by atoms with Crippen molar-refractivity contribution >= 4 is 15.6 Å². The summed E-state index contributed by atoms with van der Waals surface area (Å²) in [5, 5.41) is 13.6. The van der Waals surface area contributed by atoms with Crippen molar-refractivity contribution in [3.05, 3.63) is 10.1 Å². The van der Waals surface area contributed by atoms with Gasteiger partial charge in [-0.05, 0) is 0 Å². The largest absolute Gasteiger partial charge is 1.00 e. The Hall–Kier alpha value is 0.936. The van der Waals surface area contributed by atoms with Gasteiger partial charge in [-0.1, -0.05) is 0 Å². The minimum atomic E-state index is -5.39. The molecule has 0 rings (SSSR count). The summed E-state index contributed by atoms with van der Waals surface area (Å²) in [6.07, 6.45) is 0. The van der Waals surface area contributed by atoms with Crippen molar-refractivity contribution in [2.75, 3.05) is 0 Å². The van der Waals surface area contributed by atoms with Crippen LogP contribution in [0.4, 0.5) is 0 Å². The Morgan fingerprint density at radius 1 is 0.889 bits per heavy atom. The van der Waals surface area contributed by atoms with Gasteiger partial charge in [0.25, 0.3) is 12.9 Å². The fraction of sp³-hybridized carbons (Fsp3) is 0. The van der Waals surface area contributed by atoms with E-state index in [2.05, 4.69) is 0 Å². The first kappa shape index (κ1) is 42.8. The monoisotopic (exact) mass is 348 g/mol. The second-order valence-electron chi connectivity index (χ2n) is 1.18. The van der Waals surface area contributed by atoms with Crippen LogP contribution in [-0.2, 0) is 9.13 Å². The van der Waals surface area contributed by atoms with Crippen molar-refractivity contribution in [2.24, 2.45) is 0 Å². The molecule has 0 unspecified atom stereocenters. The Bertz CT molecular complexity index is 203. The molecular weight excluding hydrogens is 333 g/mol. The van der Waals surface area contributed by atoms with E-state index in [0.717, 1.165) is 0 Å². The summed E-state index contributed by atoms with van der Waals surface area (Å²) in [5.41, 5.74) is 0. The first-order valence-corrected chi connectivity index (χ1v) is 5.05. The molecule has 0 aliphatic rings. The Morgan fingerprint density at radius 3 is 0.889 bits per heavy atom. The van der Waals surface area contributed by atoms with Crippen molar-refractivity contribution in [1.29, 1.82) is 0 Å². The van der Waals surface area contributed by atoms with Crippen molar-refractivity contribution in [3.8, 4) is 0 Å². The Balaban J connectivity index is -0.0000000183. The molecule has 0 radical (unpaired) electrons. The van der Waals surface area contributed by atoms with E-state index in [0.29, 0.717) is 0 Å². The van der Waals surface area contributed by atoms with Crippen LogP contribution < -0.4 is 89.4 Å². The van der Waals surface area contributed by atoms with Gasteiger partial charge in [-0.25, -0.2) is 0 Å². The predicted molar refractivity (Wildman–Crippen MR) is 46.4 cm³/mol. The van der Waals surface area contributed by atoms with Crippen LogP contribution in [0.3, 0.4) is 0 Å². The zero-order valence-corrected chi connectivity index (χ0v) is 14.9. The van der Waals surface area contributed by atoms with Gasteiger partial charge in [0.15, 0.2) is 0 Å². The molecule has 0 aliphatic heterocycles. The zero-order valence-electron chi connectivity index (χ0n) is 9.95. The van der Waals surface area contributed by atoms with Gasteiger partial charge in [-0.15, -0.1) is 10.1 Å². The molecule has 0 spiro atoms. The average Bonchev–Trinajstić information content (AvgIpc) is 1.45. The van der Waals surface area contributed by atoms with Crippen molar-refractivity contribution in [2.45, 2.75) is 0 Å². The number of rotatable bonds is 0. The minimum Gasteiger partial charge on any atom is -0.822 e. The molecule has 0 aromatic heterocycles. The Labute approximate surface area is 143 Å². The maximum atomic E-state index is 8.77. The molecule has 0 aromatic rings. The van der Waals surface area contributed by atoms with Crippen LogP contribution in [0.5, 0.6) is 0 Å². The Kier molecular flexibility index (Phi) is 48.1. The predicted octanol–water partition coefficient (Wildman–Crippen LogP) is -6.60. The first-order valence-electron chi connectivity index (χ1n) is 2.06. The van der Waals surface area contributed by atoms with Crippen molar-refractivity contribution < 1.29 is 100 Å². The van der Waals surface area contributed by atoms with Gasteiger partial charge in [-0.2, -0.15) is 7.82 Å². The molecule has 15 nitrogen and oxygen atoms in total.